The third kappa shape index (κ3) is 3.17. The van der Waals surface area contributed by atoms with E-state index in [1.54, 1.807) is 7.11 Å². The van der Waals surface area contributed by atoms with Crippen LogP contribution in [0.4, 0.5) is 11.5 Å². The van der Waals surface area contributed by atoms with Gasteiger partial charge in [-0.05, 0) is 30.9 Å². The maximum absolute atomic E-state index is 6.14. The normalized spacial score (nSPS) is 14.7. The second-order valence-electron chi connectivity index (χ2n) is 5.14. The topological polar surface area (TPSA) is 38.2 Å². The minimum atomic E-state index is 0.364. The lowest BCUT2D eigenvalue weighted by atomic mass is 10.1. The second-order valence-corrected chi connectivity index (χ2v) is 5.52. The summed E-state index contributed by atoms with van der Waals surface area (Å²) in [6.45, 7) is 1.31. The molecule has 3 rings (SSSR count). The van der Waals surface area contributed by atoms with E-state index in [1.807, 2.05) is 6.07 Å². The van der Waals surface area contributed by atoms with Crippen molar-refractivity contribution in [1.82, 2.24) is 9.97 Å². The number of hydrogen-bond donors (Lipinski definition) is 0. The van der Waals surface area contributed by atoms with Crippen LogP contribution in [0.2, 0.25) is 5.15 Å². The van der Waals surface area contributed by atoms with Gasteiger partial charge in [-0.3, -0.25) is 0 Å². The molecule has 0 atom stereocenters. The van der Waals surface area contributed by atoms with Gasteiger partial charge < -0.3 is 9.64 Å². The van der Waals surface area contributed by atoms with Crippen molar-refractivity contribution in [2.24, 2.45) is 0 Å². The summed E-state index contributed by atoms with van der Waals surface area (Å²) in [4.78, 5) is 11.0. The highest BCUT2D eigenvalue weighted by Crippen LogP contribution is 2.32. The first-order valence-corrected chi connectivity index (χ1v) is 7.53. The molecule has 0 fully saturated rings. The average Bonchev–Trinajstić information content (AvgIpc) is 2.69. The zero-order valence-electron chi connectivity index (χ0n) is 12.1. The first-order chi connectivity index (χ1) is 10.3. The van der Waals surface area contributed by atoms with Crippen LogP contribution in [0.3, 0.4) is 0 Å². The standard InChI is InChI=1S/C16H18ClN3O/c1-21-11-15-18-14(17)10-16(19-15)20-9-5-4-7-12-6-2-3-8-13(12)20/h2-3,6,8,10H,4-5,7,9,11H2,1H3. The number of ether oxygens (including phenoxy) is 1. The van der Waals surface area contributed by atoms with Crippen LogP contribution in [0, 0.1) is 0 Å². The Balaban J connectivity index is 2.03. The third-order valence-corrected chi connectivity index (χ3v) is 3.83. The van der Waals surface area contributed by atoms with Crippen LogP contribution in [0.15, 0.2) is 30.3 Å². The molecule has 0 saturated carbocycles. The molecule has 4 nitrogen and oxygen atoms in total. The summed E-state index contributed by atoms with van der Waals surface area (Å²) in [5.74, 6) is 1.46. The number of aryl methyl sites for hydroxylation is 1. The summed E-state index contributed by atoms with van der Waals surface area (Å²) in [5, 5.41) is 0.453. The monoisotopic (exact) mass is 303 g/mol. The van der Waals surface area contributed by atoms with Gasteiger partial charge in [0, 0.05) is 25.4 Å². The van der Waals surface area contributed by atoms with Crippen molar-refractivity contribution in [3.05, 3.63) is 46.9 Å². The van der Waals surface area contributed by atoms with Crippen molar-refractivity contribution in [1.29, 1.82) is 0 Å². The first kappa shape index (κ1) is 14.3. The minimum Gasteiger partial charge on any atom is -0.377 e. The molecular formula is C16H18ClN3O. The number of halogens is 1. The fourth-order valence-corrected chi connectivity index (χ4v) is 2.91. The number of anilines is 2. The number of nitrogens with zero attached hydrogens (tertiary/aromatic N) is 3. The lowest BCUT2D eigenvalue weighted by molar-refractivity contribution is 0.178. The molecule has 110 valence electrons. The van der Waals surface area contributed by atoms with E-state index in [2.05, 4.69) is 39.1 Å². The molecule has 0 spiro atoms. The molecule has 2 heterocycles. The maximum atomic E-state index is 6.14. The summed E-state index contributed by atoms with van der Waals surface area (Å²) in [7, 11) is 1.63. The van der Waals surface area contributed by atoms with Gasteiger partial charge in [0.1, 0.15) is 17.6 Å². The van der Waals surface area contributed by atoms with Crippen molar-refractivity contribution in [3.63, 3.8) is 0 Å². The number of benzene rings is 1. The Kier molecular flexibility index (Phi) is 4.36. The Morgan fingerprint density at radius 2 is 2.10 bits per heavy atom. The molecule has 0 saturated heterocycles. The predicted molar refractivity (Wildman–Crippen MR) is 84.1 cm³/mol. The molecule has 0 N–H and O–H groups in total. The molecule has 1 aliphatic heterocycles. The molecule has 0 amide bonds. The van der Waals surface area contributed by atoms with Crippen molar-refractivity contribution in [2.75, 3.05) is 18.6 Å². The van der Waals surface area contributed by atoms with E-state index in [0.717, 1.165) is 25.2 Å². The van der Waals surface area contributed by atoms with Gasteiger partial charge in [0.05, 0.1) is 0 Å². The lowest BCUT2D eigenvalue weighted by Gasteiger charge is -2.24. The van der Waals surface area contributed by atoms with Gasteiger partial charge in [0.25, 0.3) is 0 Å². The van der Waals surface area contributed by atoms with Gasteiger partial charge >= 0.3 is 0 Å². The highest BCUT2D eigenvalue weighted by atomic mass is 35.5. The molecule has 0 unspecified atom stereocenters. The molecule has 1 aromatic heterocycles. The summed E-state index contributed by atoms with van der Waals surface area (Å²) < 4.78 is 5.12. The first-order valence-electron chi connectivity index (χ1n) is 7.16. The number of fused-ring (bicyclic) bond motifs is 1. The number of para-hydroxylation sites is 1. The van der Waals surface area contributed by atoms with Crippen LogP contribution in [0.1, 0.15) is 24.2 Å². The van der Waals surface area contributed by atoms with Crippen LogP contribution in [-0.2, 0) is 17.8 Å². The number of rotatable bonds is 3. The fourth-order valence-electron chi connectivity index (χ4n) is 2.71. The second kappa shape index (κ2) is 6.41. The number of hydrogen-bond acceptors (Lipinski definition) is 4. The van der Waals surface area contributed by atoms with Crippen LogP contribution >= 0.6 is 11.6 Å². The molecule has 1 aromatic carbocycles. The lowest BCUT2D eigenvalue weighted by Crippen LogP contribution is -2.20. The van der Waals surface area contributed by atoms with E-state index in [4.69, 9.17) is 16.3 Å². The third-order valence-electron chi connectivity index (χ3n) is 3.64. The zero-order chi connectivity index (χ0) is 14.7. The SMILES string of the molecule is COCc1nc(Cl)cc(N2CCCCc3ccccc32)n1. The van der Waals surface area contributed by atoms with E-state index in [1.165, 1.54) is 17.7 Å². The Labute approximate surface area is 129 Å². The summed E-state index contributed by atoms with van der Waals surface area (Å²) in [6, 6.07) is 10.3. The fraction of sp³-hybridized carbons (Fsp3) is 0.375. The molecule has 21 heavy (non-hydrogen) atoms. The molecular weight excluding hydrogens is 286 g/mol. The highest BCUT2D eigenvalue weighted by Gasteiger charge is 2.18. The molecule has 1 aliphatic rings. The Morgan fingerprint density at radius 1 is 1.24 bits per heavy atom. The van der Waals surface area contributed by atoms with Crippen LogP contribution in [0.25, 0.3) is 0 Å². The zero-order valence-corrected chi connectivity index (χ0v) is 12.8. The van der Waals surface area contributed by atoms with Crippen LogP contribution in [-0.4, -0.2) is 23.6 Å². The Morgan fingerprint density at radius 3 is 2.95 bits per heavy atom. The molecule has 5 heteroatoms. The van der Waals surface area contributed by atoms with Gasteiger partial charge in [-0.25, -0.2) is 9.97 Å². The Bertz CT molecular complexity index is 633. The summed E-state index contributed by atoms with van der Waals surface area (Å²) in [5.41, 5.74) is 2.58. The van der Waals surface area contributed by atoms with Crippen LogP contribution in [0.5, 0.6) is 0 Å². The quantitative estimate of drug-likeness (QED) is 0.809. The summed E-state index contributed by atoms with van der Waals surface area (Å²) in [6.07, 6.45) is 3.43. The van der Waals surface area contributed by atoms with Gasteiger partial charge in [0.2, 0.25) is 0 Å². The molecule has 0 radical (unpaired) electrons. The van der Waals surface area contributed by atoms with Crippen molar-refractivity contribution >= 4 is 23.1 Å². The van der Waals surface area contributed by atoms with Crippen molar-refractivity contribution < 1.29 is 4.74 Å². The van der Waals surface area contributed by atoms with Crippen LogP contribution < -0.4 is 4.90 Å². The van der Waals surface area contributed by atoms with E-state index in [9.17, 15) is 0 Å². The molecule has 0 bridgehead atoms. The summed E-state index contributed by atoms with van der Waals surface area (Å²) >= 11 is 6.14. The Hall–Kier alpha value is -1.65. The maximum Gasteiger partial charge on any atom is 0.158 e. The van der Waals surface area contributed by atoms with E-state index < -0.39 is 0 Å². The van der Waals surface area contributed by atoms with Gasteiger partial charge in [-0.2, -0.15) is 0 Å². The van der Waals surface area contributed by atoms with Crippen molar-refractivity contribution in [2.45, 2.75) is 25.9 Å². The van der Waals surface area contributed by atoms with Gasteiger partial charge in [-0.1, -0.05) is 29.8 Å². The van der Waals surface area contributed by atoms with Gasteiger partial charge in [-0.15, -0.1) is 0 Å². The van der Waals surface area contributed by atoms with Gasteiger partial charge in [0.15, 0.2) is 5.82 Å². The predicted octanol–water partition coefficient (Wildman–Crippen LogP) is 3.75. The molecule has 2 aromatic rings. The highest BCUT2D eigenvalue weighted by molar-refractivity contribution is 6.29. The minimum absolute atomic E-state index is 0.364. The largest absolute Gasteiger partial charge is 0.377 e. The average molecular weight is 304 g/mol. The van der Waals surface area contributed by atoms with E-state index >= 15 is 0 Å². The number of aromatic nitrogens is 2. The molecule has 0 aliphatic carbocycles. The van der Waals surface area contributed by atoms with E-state index in [-0.39, 0.29) is 0 Å². The van der Waals surface area contributed by atoms with Crippen molar-refractivity contribution in [3.8, 4) is 0 Å². The number of methoxy groups -OCH3 is 1. The smallest absolute Gasteiger partial charge is 0.158 e. The van der Waals surface area contributed by atoms with E-state index in [0.29, 0.717) is 17.6 Å².